The molecule has 59 heavy (non-hydrogen) atoms. The van der Waals surface area contributed by atoms with E-state index in [1.54, 1.807) is 12.1 Å². The van der Waals surface area contributed by atoms with Crippen molar-refractivity contribution in [2.75, 3.05) is 89.4 Å². The van der Waals surface area contributed by atoms with Gasteiger partial charge in [-0.3, -0.25) is 14.5 Å². The molecule has 3 aliphatic heterocycles. The second-order valence-electron chi connectivity index (χ2n) is 14.8. The maximum atomic E-state index is 14.1. The summed E-state index contributed by atoms with van der Waals surface area (Å²) in [4.78, 5) is 67.7. The van der Waals surface area contributed by atoms with E-state index in [1.165, 1.54) is 22.1 Å². The van der Waals surface area contributed by atoms with Crippen molar-refractivity contribution in [3.63, 3.8) is 0 Å². The van der Waals surface area contributed by atoms with Crippen LogP contribution in [-0.2, 0) is 31.6 Å². The number of halogens is 4. The number of nitrogen functional groups attached to an aromatic ring is 1. The molecule has 3 saturated heterocycles. The maximum absolute atomic E-state index is 14.1. The van der Waals surface area contributed by atoms with E-state index in [-0.39, 0.29) is 61.3 Å². The standard InChI is InChI=1S/C41H45ClF3N7O7/c42-32-22-26(21-31(36(32)46)41(43,44)45)23-34(59-40(56)52-9-7-27(8-10-52)30-24-28-3-1-2-4-33(28)48-37(30)53)38(54)51-13-11-50(12-14-51)35-6-5-29(25-47-35)39(55)58-20-17-49-15-18-57-19-16-49/h1-6,21-22,24-25,27,34H,7-20,23,46H2,(H,48,53)/t34-/m1/s1. The number of anilines is 2. The monoisotopic (exact) mass is 839 g/mol. The van der Waals surface area contributed by atoms with Gasteiger partial charge < -0.3 is 39.6 Å². The molecular weight excluding hydrogens is 795 g/mol. The van der Waals surface area contributed by atoms with Crippen LogP contribution in [-0.4, -0.2) is 127 Å². The molecule has 0 unspecified atom stereocenters. The Hall–Kier alpha value is -5.39. The number of likely N-dealkylation sites (tertiary alicyclic amines) is 1. The number of ether oxygens (including phenoxy) is 3. The fourth-order valence-corrected chi connectivity index (χ4v) is 7.93. The Labute approximate surface area is 342 Å². The van der Waals surface area contributed by atoms with Crippen LogP contribution in [0.4, 0.5) is 29.5 Å². The minimum atomic E-state index is -4.82. The molecule has 2 amide bonds. The number of esters is 1. The Balaban J connectivity index is 0.991. The quantitative estimate of drug-likeness (QED) is 0.164. The lowest BCUT2D eigenvalue weighted by Crippen LogP contribution is -2.53. The summed E-state index contributed by atoms with van der Waals surface area (Å²) in [6.07, 6.45) is -5.12. The Kier molecular flexibility index (Phi) is 12.9. The van der Waals surface area contributed by atoms with Crippen molar-refractivity contribution in [2.45, 2.75) is 37.5 Å². The largest absolute Gasteiger partial charge is 0.461 e. The number of fused-ring (bicyclic) bond motifs is 1. The number of rotatable bonds is 10. The Bertz CT molecular complexity index is 2200. The van der Waals surface area contributed by atoms with Gasteiger partial charge in [0, 0.05) is 82.6 Å². The molecule has 0 saturated carbocycles. The fourth-order valence-electron chi connectivity index (χ4n) is 7.69. The average Bonchev–Trinajstić information content (AvgIpc) is 3.24. The molecule has 7 rings (SSSR count). The molecule has 314 valence electrons. The summed E-state index contributed by atoms with van der Waals surface area (Å²) >= 11 is 6.12. The Morgan fingerprint density at radius 3 is 2.37 bits per heavy atom. The van der Waals surface area contributed by atoms with Crippen LogP contribution in [0.25, 0.3) is 10.9 Å². The molecular formula is C41H45ClF3N7O7. The van der Waals surface area contributed by atoms with Gasteiger partial charge in [0.1, 0.15) is 12.4 Å². The topological polar surface area (TPSA) is 164 Å². The number of carbonyl (C=O) groups excluding carboxylic acids is 3. The second-order valence-corrected chi connectivity index (χ2v) is 15.2. The number of piperidine rings is 1. The number of benzene rings is 2. The van der Waals surface area contributed by atoms with Gasteiger partial charge in [0.25, 0.3) is 11.5 Å². The third kappa shape index (κ3) is 10.1. The lowest BCUT2D eigenvalue weighted by atomic mass is 9.89. The number of para-hydroxylation sites is 1. The first-order chi connectivity index (χ1) is 28.3. The third-order valence-corrected chi connectivity index (χ3v) is 11.4. The van der Waals surface area contributed by atoms with E-state index < -0.39 is 41.5 Å². The number of piperazine rings is 1. The van der Waals surface area contributed by atoms with E-state index in [2.05, 4.69) is 14.9 Å². The van der Waals surface area contributed by atoms with E-state index in [1.807, 2.05) is 35.2 Å². The SMILES string of the molecule is Nc1c(Cl)cc(C[C@@H](OC(=O)N2CCC(c3cc4ccccc4[nH]c3=O)CC2)C(=O)N2CCN(c3ccc(C(=O)OCCN4CCOCC4)cn3)CC2)cc1C(F)(F)F. The number of nitrogens with two attached hydrogens (primary N) is 1. The predicted octanol–water partition coefficient (Wildman–Crippen LogP) is 4.94. The van der Waals surface area contributed by atoms with Crippen LogP contribution in [0, 0.1) is 0 Å². The first-order valence-corrected chi connectivity index (χ1v) is 19.9. The van der Waals surface area contributed by atoms with Crippen LogP contribution in [0.2, 0.25) is 5.02 Å². The van der Waals surface area contributed by atoms with Crippen LogP contribution in [0.15, 0.2) is 65.6 Å². The van der Waals surface area contributed by atoms with Crippen LogP contribution in [0.1, 0.15) is 45.8 Å². The van der Waals surface area contributed by atoms with Gasteiger partial charge in [-0.1, -0.05) is 29.8 Å². The smallest absolute Gasteiger partial charge is 0.418 e. The van der Waals surface area contributed by atoms with E-state index in [4.69, 9.17) is 31.5 Å². The van der Waals surface area contributed by atoms with Crippen molar-refractivity contribution in [1.82, 2.24) is 24.7 Å². The van der Waals surface area contributed by atoms with E-state index in [0.29, 0.717) is 62.6 Å². The van der Waals surface area contributed by atoms with Crippen LogP contribution in [0.3, 0.4) is 0 Å². The van der Waals surface area contributed by atoms with E-state index in [9.17, 15) is 32.3 Å². The first kappa shape index (κ1) is 41.8. The summed E-state index contributed by atoms with van der Waals surface area (Å²) in [6, 6.07) is 14.7. The van der Waals surface area contributed by atoms with Gasteiger partial charge in [0.15, 0.2) is 6.10 Å². The van der Waals surface area contributed by atoms with Gasteiger partial charge >= 0.3 is 18.2 Å². The van der Waals surface area contributed by atoms with Gasteiger partial charge in [0.05, 0.1) is 35.1 Å². The van der Waals surface area contributed by atoms with Crippen LogP contribution in [0.5, 0.6) is 0 Å². The third-order valence-electron chi connectivity index (χ3n) is 11.1. The maximum Gasteiger partial charge on any atom is 0.418 e. The summed E-state index contributed by atoms with van der Waals surface area (Å²) in [5, 5.41) is 0.552. The molecule has 0 aliphatic carbocycles. The number of alkyl halides is 3. The highest BCUT2D eigenvalue weighted by molar-refractivity contribution is 6.33. The van der Waals surface area contributed by atoms with Crippen molar-refractivity contribution < 1.29 is 41.8 Å². The summed E-state index contributed by atoms with van der Waals surface area (Å²) in [6.45, 7) is 5.29. The predicted molar refractivity (Wildman–Crippen MR) is 214 cm³/mol. The minimum absolute atomic E-state index is 0.0134. The highest BCUT2D eigenvalue weighted by atomic mass is 35.5. The zero-order chi connectivity index (χ0) is 41.7. The average molecular weight is 840 g/mol. The number of carbonyl (C=O) groups is 3. The number of amides is 2. The molecule has 3 N–H and O–H groups in total. The number of nitrogens with one attached hydrogen (secondary N) is 1. The van der Waals surface area contributed by atoms with Gasteiger partial charge in [-0.05, 0) is 66.1 Å². The molecule has 2 aromatic heterocycles. The fraction of sp³-hybridized carbons (Fsp3) is 0.439. The first-order valence-electron chi connectivity index (χ1n) is 19.5. The summed E-state index contributed by atoms with van der Waals surface area (Å²) in [5.74, 6) is -0.609. The van der Waals surface area contributed by atoms with Gasteiger partial charge in [0.2, 0.25) is 0 Å². The van der Waals surface area contributed by atoms with Crippen molar-refractivity contribution in [3.05, 3.63) is 98.4 Å². The lowest BCUT2D eigenvalue weighted by Gasteiger charge is -2.37. The van der Waals surface area contributed by atoms with E-state index >= 15 is 0 Å². The number of aromatic nitrogens is 2. The number of hydrogen-bond donors (Lipinski definition) is 2. The number of nitrogens with zero attached hydrogens (tertiary/aromatic N) is 5. The van der Waals surface area contributed by atoms with E-state index in [0.717, 1.165) is 30.1 Å². The van der Waals surface area contributed by atoms with Crippen molar-refractivity contribution in [2.24, 2.45) is 0 Å². The van der Waals surface area contributed by atoms with Crippen molar-refractivity contribution in [3.8, 4) is 0 Å². The summed E-state index contributed by atoms with van der Waals surface area (Å²) < 4.78 is 58.3. The number of aromatic amines is 1. The molecule has 4 aromatic rings. The zero-order valence-corrected chi connectivity index (χ0v) is 33.0. The molecule has 0 spiro atoms. The van der Waals surface area contributed by atoms with Crippen molar-refractivity contribution >= 4 is 52.0 Å². The second kappa shape index (κ2) is 18.3. The summed E-state index contributed by atoms with van der Waals surface area (Å²) in [5.41, 5.74) is 5.33. The van der Waals surface area contributed by atoms with Gasteiger partial charge in [-0.2, -0.15) is 13.2 Å². The van der Waals surface area contributed by atoms with Crippen molar-refractivity contribution in [1.29, 1.82) is 0 Å². The number of pyridine rings is 2. The van der Waals surface area contributed by atoms with Crippen LogP contribution >= 0.6 is 11.6 Å². The summed E-state index contributed by atoms with van der Waals surface area (Å²) in [7, 11) is 0. The minimum Gasteiger partial charge on any atom is -0.461 e. The molecule has 0 radical (unpaired) electrons. The molecule has 18 heteroatoms. The normalized spacial score (nSPS) is 17.5. The molecule has 5 heterocycles. The number of morpholine rings is 1. The highest BCUT2D eigenvalue weighted by Crippen LogP contribution is 2.38. The number of hydrogen-bond acceptors (Lipinski definition) is 11. The molecule has 14 nitrogen and oxygen atoms in total. The highest BCUT2D eigenvalue weighted by Gasteiger charge is 2.37. The Morgan fingerprint density at radius 2 is 1.68 bits per heavy atom. The molecule has 2 aromatic carbocycles. The van der Waals surface area contributed by atoms with Crippen LogP contribution < -0.4 is 16.2 Å². The zero-order valence-electron chi connectivity index (χ0n) is 32.2. The van der Waals surface area contributed by atoms with Gasteiger partial charge in [-0.15, -0.1) is 0 Å². The Morgan fingerprint density at radius 1 is 0.949 bits per heavy atom. The molecule has 1 atom stereocenters. The van der Waals surface area contributed by atoms with Gasteiger partial charge in [-0.25, -0.2) is 14.6 Å². The lowest BCUT2D eigenvalue weighted by molar-refractivity contribution is -0.141. The molecule has 3 aliphatic rings. The number of H-pyrrole nitrogens is 1. The molecule has 0 bridgehead atoms. The molecule has 3 fully saturated rings.